The zero-order valence-electron chi connectivity index (χ0n) is 19.3. The Kier molecular flexibility index (Phi) is 6.96. The summed E-state index contributed by atoms with van der Waals surface area (Å²) in [5.41, 5.74) is 4.49. The Morgan fingerprint density at radius 3 is 2.49 bits per heavy atom. The summed E-state index contributed by atoms with van der Waals surface area (Å²) in [6.45, 7) is 2.01. The van der Waals surface area contributed by atoms with Gasteiger partial charge in [0.05, 0.1) is 48.1 Å². The van der Waals surface area contributed by atoms with Crippen molar-refractivity contribution in [2.75, 3.05) is 5.32 Å². The first-order valence-corrected chi connectivity index (χ1v) is 10.8. The van der Waals surface area contributed by atoms with E-state index in [9.17, 15) is 10.1 Å². The van der Waals surface area contributed by atoms with Crippen LogP contribution < -0.4 is 5.32 Å². The van der Waals surface area contributed by atoms with Crippen LogP contribution in [-0.4, -0.2) is 20.4 Å². The average Bonchev–Trinajstić information content (AvgIpc) is 3.30. The Balaban J connectivity index is 1.63. The van der Waals surface area contributed by atoms with E-state index in [0.717, 1.165) is 16.8 Å². The second kappa shape index (κ2) is 10.4. The molecule has 8 nitrogen and oxygen atoms in total. The third-order valence-electron chi connectivity index (χ3n) is 5.51. The maximum absolute atomic E-state index is 13.1. The van der Waals surface area contributed by atoms with E-state index < -0.39 is 6.10 Å². The Morgan fingerprint density at radius 1 is 1.09 bits per heavy atom. The second-order valence-electron chi connectivity index (χ2n) is 8.01. The monoisotopic (exact) mass is 462 g/mol. The van der Waals surface area contributed by atoms with Gasteiger partial charge in [-0.05, 0) is 60.0 Å². The molecule has 0 bridgehead atoms. The molecule has 4 aromatic rings. The first-order chi connectivity index (χ1) is 17.0. The number of rotatable bonds is 7. The van der Waals surface area contributed by atoms with Crippen LogP contribution in [0.15, 0.2) is 73.3 Å². The van der Waals surface area contributed by atoms with Crippen LogP contribution in [0.4, 0.5) is 5.82 Å². The summed E-state index contributed by atoms with van der Waals surface area (Å²) in [5.74, 6) is 0.0452. The number of carbonyl (C=O) groups excluding carboxylic acids is 1. The standard InChI is InChI=1S/C27H22N6O2/c1-18-9-10-31-25(11-18)32-27(34)23-12-20(14-29)5-8-22(23)16-35-26(24-15-30-17-33(24)2)21-6-3-19(13-28)4-7-21/h3-12,15,17,26H,16H2,1-2H3,(H,31,32,34). The lowest BCUT2D eigenvalue weighted by molar-refractivity contribution is 0.0614. The van der Waals surface area contributed by atoms with Gasteiger partial charge >= 0.3 is 0 Å². The molecule has 35 heavy (non-hydrogen) atoms. The Bertz CT molecular complexity index is 1440. The Labute approximate surface area is 203 Å². The summed E-state index contributed by atoms with van der Waals surface area (Å²) < 4.78 is 8.18. The number of amides is 1. The highest BCUT2D eigenvalue weighted by molar-refractivity contribution is 6.05. The van der Waals surface area contributed by atoms with Crippen LogP contribution in [0.3, 0.4) is 0 Å². The molecule has 1 amide bonds. The van der Waals surface area contributed by atoms with Crippen molar-refractivity contribution in [2.45, 2.75) is 19.6 Å². The minimum atomic E-state index is -0.486. The molecule has 172 valence electrons. The summed E-state index contributed by atoms with van der Waals surface area (Å²) in [7, 11) is 1.87. The van der Waals surface area contributed by atoms with E-state index in [2.05, 4.69) is 27.4 Å². The average molecular weight is 463 g/mol. The third-order valence-corrected chi connectivity index (χ3v) is 5.51. The van der Waals surface area contributed by atoms with Crippen molar-refractivity contribution in [1.82, 2.24) is 14.5 Å². The predicted octanol–water partition coefficient (Wildman–Crippen LogP) is 4.43. The molecular formula is C27H22N6O2. The Hall–Kier alpha value is -4.79. The van der Waals surface area contributed by atoms with Gasteiger partial charge in [0.25, 0.3) is 5.91 Å². The molecule has 0 fully saturated rings. The number of hydrogen-bond donors (Lipinski definition) is 1. The van der Waals surface area contributed by atoms with E-state index in [-0.39, 0.29) is 12.5 Å². The van der Waals surface area contributed by atoms with Gasteiger partial charge in [-0.1, -0.05) is 18.2 Å². The molecule has 8 heteroatoms. The zero-order chi connectivity index (χ0) is 24.8. The van der Waals surface area contributed by atoms with Crippen molar-refractivity contribution in [3.8, 4) is 12.1 Å². The fourth-order valence-corrected chi connectivity index (χ4v) is 3.65. The molecule has 0 spiro atoms. The molecule has 1 N–H and O–H groups in total. The molecule has 0 aliphatic rings. The lowest BCUT2D eigenvalue weighted by Gasteiger charge is -2.20. The van der Waals surface area contributed by atoms with Gasteiger partial charge in [-0.2, -0.15) is 10.5 Å². The molecule has 2 heterocycles. The highest BCUT2D eigenvalue weighted by atomic mass is 16.5. The van der Waals surface area contributed by atoms with E-state index in [4.69, 9.17) is 10.00 Å². The summed E-state index contributed by atoms with van der Waals surface area (Å²) in [6, 6.07) is 19.9. The molecule has 0 aliphatic carbocycles. The van der Waals surface area contributed by atoms with Gasteiger partial charge in [0.1, 0.15) is 11.9 Å². The number of aromatic nitrogens is 3. The van der Waals surface area contributed by atoms with E-state index in [1.54, 1.807) is 55.1 Å². The molecule has 0 saturated carbocycles. The van der Waals surface area contributed by atoms with Crippen molar-refractivity contribution in [1.29, 1.82) is 10.5 Å². The minimum absolute atomic E-state index is 0.103. The number of anilines is 1. The number of benzene rings is 2. The lowest BCUT2D eigenvalue weighted by atomic mass is 10.0. The highest BCUT2D eigenvalue weighted by Gasteiger charge is 2.21. The molecule has 1 unspecified atom stereocenters. The zero-order valence-corrected chi connectivity index (χ0v) is 19.3. The fraction of sp³-hybridized carbons (Fsp3) is 0.148. The van der Waals surface area contributed by atoms with Gasteiger partial charge in [0.2, 0.25) is 0 Å². The molecule has 0 saturated heterocycles. The molecule has 0 aliphatic heterocycles. The number of nitriles is 2. The maximum atomic E-state index is 13.1. The second-order valence-corrected chi connectivity index (χ2v) is 8.01. The van der Waals surface area contributed by atoms with Crippen molar-refractivity contribution >= 4 is 11.7 Å². The largest absolute Gasteiger partial charge is 0.362 e. The van der Waals surface area contributed by atoms with E-state index in [1.807, 2.05) is 36.7 Å². The van der Waals surface area contributed by atoms with Crippen molar-refractivity contribution in [2.24, 2.45) is 7.05 Å². The first kappa shape index (κ1) is 23.4. The van der Waals surface area contributed by atoms with Gasteiger partial charge in [0.15, 0.2) is 0 Å². The first-order valence-electron chi connectivity index (χ1n) is 10.8. The molecule has 0 radical (unpaired) electrons. The normalized spacial score (nSPS) is 11.3. The number of pyridine rings is 1. The van der Waals surface area contributed by atoms with Gasteiger partial charge in [-0.3, -0.25) is 4.79 Å². The highest BCUT2D eigenvalue weighted by Crippen LogP contribution is 2.28. The molecule has 1 atom stereocenters. The number of imidazole rings is 1. The van der Waals surface area contributed by atoms with Crippen LogP contribution in [-0.2, 0) is 18.4 Å². The quantitative estimate of drug-likeness (QED) is 0.434. The summed E-state index contributed by atoms with van der Waals surface area (Å²) in [4.78, 5) is 21.5. The number of carbonyl (C=O) groups is 1. The van der Waals surface area contributed by atoms with E-state index >= 15 is 0 Å². The van der Waals surface area contributed by atoms with Crippen LogP contribution in [0.25, 0.3) is 0 Å². The van der Waals surface area contributed by atoms with Crippen molar-refractivity contribution in [3.63, 3.8) is 0 Å². The third kappa shape index (κ3) is 5.41. The van der Waals surface area contributed by atoms with Crippen LogP contribution in [0.1, 0.15) is 50.0 Å². The number of nitrogens with one attached hydrogen (secondary N) is 1. The van der Waals surface area contributed by atoms with E-state index in [0.29, 0.717) is 28.1 Å². The number of nitrogens with zero attached hydrogens (tertiary/aromatic N) is 5. The van der Waals surface area contributed by atoms with Crippen LogP contribution >= 0.6 is 0 Å². The smallest absolute Gasteiger partial charge is 0.257 e. The molecule has 2 aromatic carbocycles. The van der Waals surface area contributed by atoms with Gasteiger partial charge in [-0.25, -0.2) is 9.97 Å². The van der Waals surface area contributed by atoms with Crippen LogP contribution in [0.2, 0.25) is 0 Å². The number of ether oxygens (including phenoxy) is 1. The molecule has 4 rings (SSSR count). The minimum Gasteiger partial charge on any atom is -0.362 e. The molecule has 2 aromatic heterocycles. The topological polar surface area (TPSA) is 117 Å². The summed E-state index contributed by atoms with van der Waals surface area (Å²) >= 11 is 0. The number of hydrogen-bond acceptors (Lipinski definition) is 6. The van der Waals surface area contributed by atoms with Crippen LogP contribution in [0.5, 0.6) is 0 Å². The summed E-state index contributed by atoms with van der Waals surface area (Å²) in [5, 5.41) is 21.3. The van der Waals surface area contributed by atoms with Gasteiger partial charge in [0, 0.05) is 18.8 Å². The Morgan fingerprint density at radius 2 is 1.83 bits per heavy atom. The number of aryl methyl sites for hydroxylation is 2. The lowest BCUT2D eigenvalue weighted by Crippen LogP contribution is -2.17. The fourth-order valence-electron chi connectivity index (χ4n) is 3.65. The molecular weight excluding hydrogens is 440 g/mol. The van der Waals surface area contributed by atoms with Crippen LogP contribution in [0, 0.1) is 29.6 Å². The van der Waals surface area contributed by atoms with E-state index in [1.165, 1.54) is 0 Å². The van der Waals surface area contributed by atoms with Gasteiger partial charge in [-0.15, -0.1) is 0 Å². The predicted molar refractivity (Wildman–Crippen MR) is 129 cm³/mol. The van der Waals surface area contributed by atoms with Gasteiger partial charge < -0.3 is 14.6 Å². The van der Waals surface area contributed by atoms with Crippen molar-refractivity contribution in [3.05, 3.63) is 112 Å². The van der Waals surface area contributed by atoms with Crippen molar-refractivity contribution < 1.29 is 9.53 Å². The SMILES string of the molecule is Cc1ccnc(NC(=O)c2cc(C#N)ccc2COC(c2ccc(C#N)cc2)c2cncn2C)c1. The maximum Gasteiger partial charge on any atom is 0.257 e. The summed E-state index contributed by atoms with van der Waals surface area (Å²) in [6.07, 6.45) is 4.54.